The van der Waals surface area contributed by atoms with Crippen LogP contribution in [0.1, 0.15) is 41.6 Å². The summed E-state index contributed by atoms with van der Waals surface area (Å²) in [5.74, 6) is -0.0509. The van der Waals surface area contributed by atoms with Crippen LogP contribution in [0.3, 0.4) is 0 Å². The third-order valence-corrected chi connectivity index (χ3v) is 5.78. The minimum absolute atomic E-state index is 0.0225. The smallest absolute Gasteiger partial charge is 0.416 e. The number of ether oxygens (including phenoxy) is 1. The molecule has 0 aliphatic carbocycles. The molecule has 35 heavy (non-hydrogen) atoms. The van der Waals surface area contributed by atoms with E-state index in [0.717, 1.165) is 38.2 Å². The molecular weight excluding hydrogens is 461 g/mol. The first-order valence-electron chi connectivity index (χ1n) is 11.5. The zero-order valence-corrected chi connectivity index (χ0v) is 19.1. The molecule has 7 nitrogen and oxygen atoms in total. The van der Waals surface area contributed by atoms with Crippen LogP contribution in [0.2, 0.25) is 0 Å². The van der Waals surface area contributed by atoms with Crippen molar-refractivity contribution < 1.29 is 27.1 Å². The topological polar surface area (TPSA) is 93.6 Å². The summed E-state index contributed by atoms with van der Waals surface area (Å²) in [6.07, 6.45) is 1.26. The number of carbonyl (C=O) groups is 1. The van der Waals surface area contributed by atoms with Crippen LogP contribution in [0.15, 0.2) is 53.1 Å². The normalized spacial score (nSPS) is 14.6. The number of piperidine rings is 1. The second kappa shape index (κ2) is 10.8. The van der Waals surface area contributed by atoms with Gasteiger partial charge >= 0.3 is 6.18 Å². The highest BCUT2D eigenvalue weighted by atomic mass is 19.4. The van der Waals surface area contributed by atoms with Crippen LogP contribution in [0, 0.1) is 0 Å². The van der Waals surface area contributed by atoms with Crippen molar-refractivity contribution in [2.24, 2.45) is 5.73 Å². The number of halogens is 3. The first kappa shape index (κ1) is 24.6. The summed E-state index contributed by atoms with van der Waals surface area (Å²) >= 11 is 0. The number of rotatable bonds is 9. The number of carbonyl (C=O) groups excluding carboxylic acids is 1. The molecule has 186 valence electrons. The number of primary amides is 1. The Labute approximate surface area is 201 Å². The fourth-order valence-corrected chi connectivity index (χ4v) is 3.97. The Hall–Kier alpha value is -3.53. The highest BCUT2D eigenvalue weighted by molar-refractivity contribution is 5.93. The largest absolute Gasteiger partial charge is 0.493 e. The molecule has 0 atom stereocenters. The molecule has 0 radical (unpaired) electrons. The Kier molecular flexibility index (Phi) is 7.60. The summed E-state index contributed by atoms with van der Waals surface area (Å²) < 4.78 is 51.7. The molecule has 1 aromatic heterocycles. The van der Waals surface area contributed by atoms with Crippen LogP contribution in [0.5, 0.6) is 5.75 Å². The lowest BCUT2D eigenvalue weighted by atomic mass is 10.1. The van der Waals surface area contributed by atoms with Crippen molar-refractivity contribution in [2.75, 3.05) is 31.6 Å². The Morgan fingerprint density at radius 3 is 2.54 bits per heavy atom. The van der Waals surface area contributed by atoms with E-state index in [9.17, 15) is 18.0 Å². The van der Waals surface area contributed by atoms with Crippen molar-refractivity contribution in [2.45, 2.75) is 31.9 Å². The van der Waals surface area contributed by atoms with Gasteiger partial charge in [0.25, 0.3) is 6.01 Å². The van der Waals surface area contributed by atoms with E-state index in [4.69, 9.17) is 14.9 Å². The van der Waals surface area contributed by atoms with Gasteiger partial charge in [0.2, 0.25) is 5.91 Å². The number of hydrogen-bond acceptors (Lipinski definition) is 6. The van der Waals surface area contributed by atoms with E-state index in [1.807, 2.05) is 0 Å². The van der Waals surface area contributed by atoms with Crippen LogP contribution in [0.4, 0.5) is 24.9 Å². The van der Waals surface area contributed by atoms with Gasteiger partial charge in [-0.2, -0.15) is 13.2 Å². The number of nitrogens with two attached hydrogens (primary N) is 1. The molecule has 0 bridgehead atoms. The number of hydrogen-bond donors (Lipinski definition) is 2. The summed E-state index contributed by atoms with van der Waals surface area (Å²) in [7, 11) is 0. The number of alkyl halides is 3. The Balaban J connectivity index is 1.43. The van der Waals surface area contributed by atoms with E-state index in [1.165, 1.54) is 31.5 Å². The lowest BCUT2D eigenvalue weighted by Crippen LogP contribution is -2.31. The van der Waals surface area contributed by atoms with Gasteiger partial charge in [0, 0.05) is 29.4 Å². The monoisotopic (exact) mass is 488 g/mol. The minimum atomic E-state index is -4.53. The molecule has 1 saturated heterocycles. The Morgan fingerprint density at radius 2 is 1.86 bits per heavy atom. The first-order chi connectivity index (χ1) is 16.8. The number of amides is 1. The number of likely N-dealkylation sites (tertiary alicyclic amines) is 1. The molecular formula is C25H27F3N4O3. The molecule has 0 unspecified atom stereocenters. The summed E-state index contributed by atoms with van der Waals surface area (Å²) in [5, 5.41) is 2.78. The quantitative estimate of drug-likeness (QED) is 0.389. The van der Waals surface area contributed by atoms with Crippen molar-refractivity contribution >= 4 is 17.6 Å². The molecule has 2 aromatic carbocycles. The zero-order valence-electron chi connectivity index (χ0n) is 19.1. The van der Waals surface area contributed by atoms with Gasteiger partial charge < -0.3 is 25.1 Å². The van der Waals surface area contributed by atoms with Gasteiger partial charge in [0.1, 0.15) is 5.75 Å². The lowest BCUT2D eigenvalue weighted by Gasteiger charge is -2.26. The Bertz CT molecular complexity index is 1140. The molecule has 0 spiro atoms. The number of aromatic nitrogens is 1. The van der Waals surface area contributed by atoms with Gasteiger partial charge in [-0.1, -0.05) is 18.6 Å². The SMILES string of the molecule is NC(=O)c1ccc(-c2cnc(Nc3cc(OCCCN4CCCCC4)cc(C(F)(F)F)c3)o2)cc1. The molecule has 4 rings (SSSR count). The van der Waals surface area contributed by atoms with Gasteiger partial charge in [-0.3, -0.25) is 4.79 Å². The van der Waals surface area contributed by atoms with Crippen molar-refractivity contribution in [1.29, 1.82) is 0 Å². The maximum absolute atomic E-state index is 13.5. The van der Waals surface area contributed by atoms with E-state index < -0.39 is 17.6 Å². The average molecular weight is 489 g/mol. The third kappa shape index (κ3) is 6.75. The maximum atomic E-state index is 13.5. The molecule has 1 fully saturated rings. The Morgan fingerprint density at radius 1 is 1.11 bits per heavy atom. The van der Waals surface area contributed by atoms with Gasteiger partial charge in [0.05, 0.1) is 18.4 Å². The van der Waals surface area contributed by atoms with Crippen LogP contribution in [0.25, 0.3) is 11.3 Å². The second-order valence-corrected chi connectivity index (χ2v) is 8.44. The van der Waals surface area contributed by atoms with Crippen molar-refractivity contribution in [1.82, 2.24) is 9.88 Å². The fourth-order valence-electron chi connectivity index (χ4n) is 3.97. The van der Waals surface area contributed by atoms with E-state index in [2.05, 4.69) is 15.2 Å². The zero-order chi connectivity index (χ0) is 24.8. The highest BCUT2D eigenvalue weighted by Crippen LogP contribution is 2.35. The lowest BCUT2D eigenvalue weighted by molar-refractivity contribution is -0.137. The molecule has 0 saturated carbocycles. The standard InChI is InChI=1S/C25H27F3N4O3/c26-25(27,28)19-13-20(15-21(14-19)34-12-4-11-32-9-2-1-3-10-32)31-24-30-16-22(35-24)17-5-7-18(8-6-17)23(29)33/h5-8,13-16H,1-4,9-12H2,(H2,29,33)(H,30,31). The van der Waals surface area contributed by atoms with E-state index in [1.54, 1.807) is 24.3 Å². The van der Waals surface area contributed by atoms with Gasteiger partial charge in [-0.15, -0.1) is 0 Å². The highest BCUT2D eigenvalue weighted by Gasteiger charge is 2.31. The van der Waals surface area contributed by atoms with Crippen molar-refractivity contribution in [3.8, 4) is 17.1 Å². The number of nitrogens with zero attached hydrogens (tertiary/aromatic N) is 2. The molecule has 10 heteroatoms. The molecule has 3 N–H and O–H groups in total. The van der Waals surface area contributed by atoms with Crippen LogP contribution in [-0.2, 0) is 6.18 Å². The molecule has 1 amide bonds. The van der Waals surface area contributed by atoms with E-state index >= 15 is 0 Å². The summed E-state index contributed by atoms with van der Waals surface area (Å²) in [4.78, 5) is 17.7. The molecule has 1 aliphatic heterocycles. The van der Waals surface area contributed by atoms with Crippen LogP contribution < -0.4 is 15.8 Å². The summed E-state index contributed by atoms with van der Waals surface area (Å²) in [6, 6.07) is 9.87. The predicted molar refractivity (Wildman–Crippen MR) is 126 cm³/mol. The van der Waals surface area contributed by atoms with Crippen molar-refractivity contribution in [3.63, 3.8) is 0 Å². The predicted octanol–water partition coefficient (Wildman–Crippen LogP) is 5.46. The number of oxazole rings is 1. The van der Waals surface area contributed by atoms with Gasteiger partial charge in [-0.05, 0) is 56.6 Å². The number of anilines is 2. The average Bonchev–Trinajstić information content (AvgIpc) is 3.30. The fraction of sp³-hybridized carbons (Fsp3) is 0.360. The molecule has 3 aromatic rings. The van der Waals surface area contributed by atoms with E-state index in [-0.39, 0.29) is 17.5 Å². The third-order valence-electron chi connectivity index (χ3n) is 5.78. The van der Waals surface area contributed by atoms with Crippen LogP contribution >= 0.6 is 0 Å². The number of nitrogens with one attached hydrogen (secondary N) is 1. The molecule has 2 heterocycles. The summed E-state index contributed by atoms with van der Waals surface area (Å²) in [5.41, 5.74) is 5.54. The second-order valence-electron chi connectivity index (χ2n) is 8.44. The maximum Gasteiger partial charge on any atom is 0.416 e. The number of benzene rings is 2. The molecule has 1 aliphatic rings. The van der Waals surface area contributed by atoms with Gasteiger partial charge in [0.15, 0.2) is 5.76 Å². The minimum Gasteiger partial charge on any atom is -0.493 e. The van der Waals surface area contributed by atoms with Gasteiger partial charge in [-0.25, -0.2) is 4.98 Å². The van der Waals surface area contributed by atoms with Crippen molar-refractivity contribution in [3.05, 3.63) is 59.8 Å². The van der Waals surface area contributed by atoms with E-state index in [0.29, 0.717) is 23.5 Å². The first-order valence-corrected chi connectivity index (χ1v) is 11.5. The summed E-state index contributed by atoms with van der Waals surface area (Å²) in [6.45, 7) is 3.31. The van der Waals surface area contributed by atoms with Crippen LogP contribution in [-0.4, -0.2) is 42.0 Å².